The normalized spacial score (nSPS) is 10.6. The monoisotopic (exact) mass is 291 g/mol. The van der Waals surface area contributed by atoms with Crippen molar-refractivity contribution < 1.29 is 0 Å². The number of hydrogen-bond donors (Lipinski definition) is 1. The first-order valence-electron chi connectivity index (χ1n) is 6.51. The van der Waals surface area contributed by atoms with E-state index in [0.29, 0.717) is 0 Å². The number of rotatable bonds is 6. The molecule has 1 nitrogen and oxygen atoms in total. The van der Waals surface area contributed by atoms with Crippen molar-refractivity contribution in [2.75, 3.05) is 6.54 Å². The van der Waals surface area contributed by atoms with Crippen LogP contribution in [-0.4, -0.2) is 6.54 Å². The van der Waals surface area contributed by atoms with E-state index in [9.17, 15) is 0 Å². The summed E-state index contributed by atoms with van der Waals surface area (Å²) in [4.78, 5) is 2.46. The summed E-state index contributed by atoms with van der Waals surface area (Å²) in [6.45, 7) is 4.19. The van der Waals surface area contributed by atoms with Gasteiger partial charge in [-0.05, 0) is 54.9 Å². The lowest BCUT2D eigenvalue weighted by Crippen LogP contribution is -2.13. The zero-order valence-corrected chi connectivity index (χ0v) is 12.6. The predicted octanol–water partition coefficient (Wildman–Crippen LogP) is 4.99. The van der Waals surface area contributed by atoms with Crippen LogP contribution < -0.4 is 5.32 Å². The summed E-state index contributed by atoms with van der Waals surface area (Å²) in [6.07, 6.45) is 1.17. The minimum Gasteiger partial charge on any atom is -0.313 e. The highest BCUT2D eigenvalue weighted by Gasteiger charge is 1.98. The third kappa shape index (κ3) is 4.90. The molecule has 0 aliphatic rings. The molecule has 0 fully saturated rings. The second-order valence-electron chi connectivity index (χ2n) is 4.38. The molecule has 19 heavy (non-hydrogen) atoms. The van der Waals surface area contributed by atoms with Crippen molar-refractivity contribution in [1.29, 1.82) is 0 Å². The third-order valence-electron chi connectivity index (χ3n) is 2.73. The second kappa shape index (κ2) is 7.59. The molecule has 0 amide bonds. The van der Waals surface area contributed by atoms with Gasteiger partial charge in [-0.2, -0.15) is 0 Å². The maximum Gasteiger partial charge on any atom is 0.0406 e. The smallest absolute Gasteiger partial charge is 0.0406 e. The number of halogens is 1. The van der Waals surface area contributed by atoms with Crippen LogP contribution >= 0.6 is 23.4 Å². The van der Waals surface area contributed by atoms with Crippen LogP contribution in [0.25, 0.3) is 0 Å². The van der Waals surface area contributed by atoms with Crippen LogP contribution in [0.4, 0.5) is 0 Å². The van der Waals surface area contributed by atoms with E-state index in [4.69, 9.17) is 11.6 Å². The Hall–Kier alpha value is -0.960. The Morgan fingerprint density at radius 2 is 1.53 bits per heavy atom. The van der Waals surface area contributed by atoms with Gasteiger partial charge in [0.2, 0.25) is 0 Å². The van der Waals surface area contributed by atoms with E-state index in [1.54, 1.807) is 11.8 Å². The van der Waals surface area contributed by atoms with Crippen LogP contribution in [0.15, 0.2) is 58.3 Å². The lowest BCUT2D eigenvalue weighted by Gasteiger charge is -2.05. The molecule has 0 saturated carbocycles. The first-order chi connectivity index (χ1) is 9.28. The summed E-state index contributed by atoms with van der Waals surface area (Å²) in [7, 11) is 0. The quantitative estimate of drug-likeness (QED) is 0.753. The molecule has 0 heterocycles. The summed E-state index contributed by atoms with van der Waals surface area (Å²) in [5.74, 6) is 0. The molecule has 1 N–H and O–H groups in total. The summed E-state index contributed by atoms with van der Waals surface area (Å²) in [5.41, 5.74) is 1.33. The van der Waals surface area contributed by atoms with Gasteiger partial charge in [-0.1, -0.05) is 42.4 Å². The molecule has 0 spiro atoms. The lowest BCUT2D eigenvalue weighted by atomic mass is 10.2. The molecule has 0 bridgehead atoms. The van der Waals surface area contributed by atoms with Gasteiger partial charge >= 0.3 is 0 Å². The van der Waals surface area contributed by atoms with Gasteiger partial charge in [0.25, 0.3) is 0 Å². The summed E-state index contributed by atoms with van der Waals surface area (Å²) in [6, 6.07) is 16.6. The molecule has 0 aromatic heterocycles. The van der Waals surface area contributed by atoms with Crippen LogP contribution in [0.1, 0.15) is 18.9 Å². The first-order valence-corrected chi connectivity index (χ1v) is 7.70. The van der Waals surface area contributed by atoms with Crippen LogP contribution in [0.2, 0.25) is 5.02 Å². The highest BCUT2D eigenvalue weighted by atomic mass is 35.5. The molecule has 2 aromatic carbocycles. The summed E-state index contributed by atoms with van der Waals surface area (Å²) >= 11 is 7.63. The number of hydrogen-bond acceptors (Lipinski definition) is 2. The van der Waals surface area contributed by atoms with Crippen molar-refractivity contribution in [3.05, 3.63) is 59.1 Å². The van der Waals surface area contributed by atoms with Gasteiger partial charge in [0, 0.05) is 21.4 Å². The van der Waals surface area contributed by atoms with Gasteiger partial charge in [-0.3, -0.25) is 0 Å². The van der Waals surface area contributed by atoms with Crippen molar-refractivity contribution in [3.63, 3.8) is 0 Å². The van der Waals surface area contributed by atoms with Gasteiger partial charge in [-0.25, -0.2) is 0 Å². The van der Waals surface area contributed by atoms with Gasteiger partial charge in [0.1, 0.15) is 0 Å². The minimum absolute atomic E-state index is 0.779. The Morgan fingerprint density at radius 1 is 0.947 bits per heavy atom. The highest BCUT2D eigenvalue weighted by Crippen LogP contribution is 2.28. The molecule has 0 saturated heterocycles. The van der Waals surface area contributed by atoms with Gasteiger partial charge < -0.3 is 5.32 Å². The Labute approximate surface area is 124 Å². The van der Waals surface area contributed by atoms with Gasteiger partial charge in [-0.15, -0.1) is 0 Å². The summed E-state index contributed by atoms with van der Waals surface area (Å²) in [5, 5.41) is 4.18. The maximum atomic E-state index is 5.88. The van der Waals surface area contributed by atoms with E-state index in [1.165, 1.54) is 21.8 Å². The van der Waals surface area contributed by atoms with Crippen molar-refractivity contribution >= 4 is 23.4 Å². The average molecular weight is 292 g/mol. The Kier molecular flexibility index (Phi) is 5.77. The average Bonchev–Trinajstić information content (AvgIpc) is 2.44. The fourth-order valence-corrected chi connectivity index (χ4v) is 2.67. The predicted molar refractivity (Wildman–Crippen MR) is 84.0 cm³/mol. The van der Waals surface area contributed by atoms with E-state index in [0.717, 1.165) is 18.1 Å². The Bertz CT molecular complexity index is 493. The van der Waals surface area contributed by atoms with E-state index in [1.807, 2.05) is 24.3 Å². The van der Waals surface area contributed by atoms with E-state index < -0.39 is 0 Å². The van der Waals surface area contributed by atoms with E-state index in [2.05, 4.69) is 36.5 Å². The van der Waals surface area contributed by atoms with Crippen LogP contribution in [0, 0.1) is 0 Å². The van der Waals surface area contributed by atoms with E-state index in [-0.39, 0.29) is 0 Å². The largest absolute Gasteiger partial charge is 0.313 e. The van der Waals surface area contributed by atoms with Crippen LogP contribution in [0.3, 0.4) is 0 Å². The molecule has 3 heteroatoms. The molecule has 0 radical (unpaired) electrons. The van der Waals surface area contributed by atoms with Crippen molar-refractivity contribution in [2.24, 2.45) is 0 Å². The lowest BCUT2D eigenvalue weighted by molar-refractivity contribution is 0.675. The molecule has 0 aliphatic heterocycles. The first kappa shape index (κ1) is 14.4. The van der Waals surface area contributed by atoms with Gasteiger partial charge in [0.15, 0.2) is 0 Å². The molecule has 0 atom stereocenters. The topological polar surface area (TPSA) is 12.0 Å². The molecule has 0 unspecified atom stereocenters. The molecular weight excluding hydrogens is 274 g/mol. The minimum atomic E-state index is 0.779. The molecular formula is C16H18ClNS. The summed E-state index contributed by atoms with van der Waals surface area (Å²) < 4.78 is 0. The van der Waals surface area contributed by atoms with Crippen molar-refractivity contribution in [3.8, 4) is 0 Å². The molecule has 2 aromatic rings. The molecule has 0 aliphatic carbocycles. The highest BCUT2D eigenvalue weighted by molar-refractivity contribution is 7.99. The number of benzene rings is 2. The fraction of sp³-hybridized carbons (Fsp3) is 0.250. The van der Waals surface area contributed by atoms with Crippen LogP contribution in [-0.2, 0) is 6.54 Å². The standard InChI is InChI=1S/C16H18ClNS/c1-2-11-18-12-13-3-7-15(8-4-13)19-16-9-5-14(17)6-10-16/h3-10,18H,2,11-12H2,1H3. The number of nitrogens with one attached hydrogen (secondary N) is 1. The fourth-order valence-electron chi connectivity index (χ4n) is 1.72. The zero-order valence-electron chi connectivity index (χ0n) is 11.0. The maximum absolute atomic E-state index is 5.88. The SMILES string of the molecule is CCCNCc1ccc(Sc2ccc(Cl)cc2)cc1. The molecule has 2 rings (SSSR count). The van der Waals surface area contributed by atoms with Crippen LogP contribution in [0.5, 0.6) is 0 Å². The third-order valence-corrected chi connectivity index (χ3v) is 4.00. The van der Waals surface area contributed by atoms with Gasteiger partial charge in [0.05, 0.1) is 0 Å². The zero-order chi connectivity index (χ0) is 13.5. The second-order valence-corrected chi connectivity index (χ2v) is 5.96. The molecule has 100 valence electrons. The van der Waals surface area contributed by atoms with Crippen molar-refractivity contribution in [2.45, 2.75) is 29.7 Å². The van der Waals surface area contributed by atoms with Crippen molar-refractivity contribution in [1.82, 2.24) is 5.32 Å². The Balaban J connectivity index is 1.92. The Morgan fingerprint density at radius 3 is 2.11 bits per heavy atom. The van der Waals surface area contributed by atoms with E-state index >= 15 is 0 Å².